The Morgan fingerprint density at radius 3 is 2.29 bits per heavy atom. The van der Waals surface area contributed by atoms with Gasteiger partial charge < -0.3 is 19.5 Å². The fourth-order valence-corrected chi connectivity index (χ4v) is 0.931. The summed E-state index contributed by atoms with van der Waals surface area (Å²) < 4.78 is 15.5. The molecular weight excluding hydrogens is 182 g/mol. The summed E-state index contributed by atoms with van der Waals surface area (Å²) in [6.45, 7) is 7.68. The van der Waals surface area contributed by atoms with Crippen molar-refractivity contribution in [2.45, 2.75) is 13.3 Å². The Bertz CT molecular complexity index is 89.4. The van der Waals surface area contributed by atoms with Crippen LogP contribution < -0.4 is 5.32 Å². The lowest BCUT2D eigenvalue weighted by molar-refractivity contribution is 0.0519. The van der Waals surface area contributed by atoms with E-state index in [1.807, 2.05) is 0 Å². The number of ether oxygens (including phenoxy) is 3. The minimum Gasteiger partial charge on any atom is -0.382 e. The van der Waals surface area contributed by atoms with Crippen molar-refractivity contribution in [2.75, 3.05) is 53.2 Å². The zero-order chi connectivity index (χ0) is 10.5. The van der Waals surface area contributed by atoms with Crippen LogP contribution in [0, 0.1) is 0 Å². The molecule has 0 saturated heterocycles. The van der Waals surface area contributed by atoms with E-state index in [1.165, 1.54) is 0 Å². The van der Waals surface area contributed by atoms with Gasteiger partial charge in [-0.15, -0.1) is 0 Å². The molecule has 4 nitrogen and oxygen atoms in total. The first-order chi connectivity index (χ1) is 6.91. The van der Waals surface area contributed by atoms with E-state index in [2.05, 4.69) is 12.2 Å². The molecule has 0 unspecified atom stereocenters. The van der Waals surface area contributed by atoms with Crippen molar-refractivity contribution in [1.29, 1.82) is 0 Å². The highest BCUT2D eigenvalue weighted by Crippen LogP contribution is 1.85. The standard InChI is InChI=1S/C10H23NO3/c1-3-11-5-8-13-6-4-7-14-10-9-12-2/h11H,3-10H2,1-2H3. The van der Waals surface area contributed by atoms with Gasteiger partial charge in [-0.25, -0.2) is 0 Å². The zero-order valence-corrected chi connectivity index (χ0v) is 9.38. The molecular formula is C10H23NO3. The molecule has 0 aliphatic carbocycles. The van der Waals surface area contributed by atoms with E-state index in [9.17, 15) is 0 Å². The minimum atomic E-state index is 0.668. The lowest BCUT2D eigenvalue weighted by Crippen LogP contribution is -2.19. The van der Waals surface area contributed by atoms with Crippen LogP contribution >= 0.6 is 0 Å². The van der Waals surface area contributed by atoms with Gasteiger partial charge in [0.25, 0.3) is 0 Å². The van der Waals surface area contributed by atoms with Gasteiger partial charge in [0.05, 0.1) is 19.8 Å². The predicted octanol–water partition coefficient (Wildman–Crippen LogP) is 0.666. The van der Waals surface area contributed by atoms with Crippen LogP contribution in [0.25, 0.3) is 0 Å². The molecule has 0 aliphatic rings. The molecule has 0 bridgehead atoms. The number of methoxy groups -OCH3 is 1. The van der Waals surface area contributed by atoms with Crippen LogP contribution in [0.15, 0.2) is 0 Å². The van der Waals surface area contributed by atoms with Crippen molar-refractivity contribution in [2.24, 2.45) is 0 Å². The fourth-order valence-electron chi connectivity index (χ4n) is 0.931. The first kappa shape index (κ1) is 13.8. The van der Waals surface area contributed by atoms with E-state index in [0.29, 0.717) is 13.2 Å². The Morgan fingerprint density at radius 1 is 0.929 bits per heavy atom. The number of hydrogen-bond acceptors (Lipinski definition) is 4. The zero-order valence-electron chi connectivity index (χ0n) is 9.38. The van der Waals surface area contributed by atoms with Gasteiger partial charge in [0.2, 0.25) is 0 Å². The molecule has 14 heavy (non-hydrogen) atoms. The fraction of sp³-hybridized carbons (Fsp3) is 1.00. The molecule has 0 aromatic heterocycles. The second-order valence-electron chi connectivity index (χ2n) is 2.92. The maximum atomic E-state index is 5.37. The van der Waals surface area contributed by atoms with Gasteiger partial charge in [-0.3, -0.25) is 0 Å². The van der Waals surface area contributed by atoms with Crippen molar-refractivity contribution in [3.8, 4) is 0 Å². The Balaban J connectivity index is 2.78. The molecule has 0 spiro atoms. The van der Waals surface area contributed by atoms with E-state index < -0.39 is 0 Å². The topological polar surface area (TPSA) is 39.7 Å². The molecule has 1 N–H and O–H groups in total. The molecule has 0 amide bonds. The number of likely N-dealkylation sites (N-methyl/N-ethyl adjacent to an activating group) is 1. The molecule has 0 aliphatic heterocycles. The molecule has 0 saturated carbocycles. The van der Waals surface area contributed by atoms with Gasteiger partial charge in [-0.2, -0.15) is 0 Å². The van der Waals surface area contributed by atoms with Gasteiger partial charge in [-0.1, -0.05) is 6.92 Å². The first-order valence-corrected chi connectivity index (χ1v) is 5.27. The highest BCUT2D eigenvalue weighted by molar-refractivity contribution is 4.41. The summed E-state index contributed by atoms with van der Waals surface area (Å²) in [7, 11) is 1.67. The van der Waals surface area contributed by atoms with Gasteiger partial charge in [0.1, 0.15) is 0 Å². The SMILES string of the molecule is CCNCCOCCCOCCOC. The van der Waals surface area contributed by atoms with Crippen molar-refractivity contribution >= 4 is 0 Å². The summed E-state index contributed by atoms with van der Waals surface area (Å²) in [6.07, 6.45) is 0.954. The van der Waals surface area contributed by atoms with Gasteiger partial charge in [0, 0.05) is 26.9 Å². The van der Waals surface area contributed by atoms with Gasteiger partial charge >= 0.3 is 0 Å². The van der Waals surface area contributed by atoms with Crippen molar-refractivity contribution in [3.63, 3.8) is 0 Å². The van der Waals surface area contributed by atoms with E-state index in [-0.39, 0.29) is 0 Å². The molecule has 0 aromatic rings. The maximum Gasteiger partial charge on any atom is 0.0700 e. The third kappa shape index (κ3) is 11.8. The molecule has 4 heteroatoms. The summed E-state index contributed by atoms with van der Waals surface area (Å²) in [5.74, 6) is 0. The summed E-state index contributed by atoms with van der Waals surface area (Å²) >= 11 is 0. The van der Waals surface area contributed by atoms with Crippen LogP contribution in [0.5, 0.6) is 0 Å². The van der Waals surface area contributed by atoms with E-state index >= 15 is 0 Å². The van der Waals surface area contributed by atoms with Crippen LogP contribution in [0.2, 0.25) is 0 Å². The Hall–Kier alpha value is -0.160. The summed E-state index contributed by atoms with van der Waals surface area (Å²) in [5, 5.41) is 3.19. The molecule has 0 rings (SSSR count). The second-order valence-corrected chi connectivity index (χ2v) is 2.92. The second kappa shape index (κ2) is 12.8. The third-order valence-electron chi connectivity index (χ3n) is 1.68. The molecule has 0 radical (unpaired) electrons. The average molecular weight is 205 g/mol. The molecule has 86 valence electrons. The Labute approximate surface area is 86.9 Å². The monoisotopic (exact) mass is 205 g/mol. The highest BCUT2D eigenvalue weighted by Gasteiger charge is 1.90. The Kier molecular flexibility index (Phi) is 12.7. The molecule has 0 fully saturated rings. The number of nitrogens with one attached hydrogen (secondary N) is 1. The predicted molar refractivity (Wildman–Crippen MR) is 56.7 cm³/mol. The van der Waals surface area contributed by atoms with E-state index in [1.54, 1.807) is 7.11 Å². The molecule has 0 heterocycles. The lowest BCUT2D eigenvalue weighted by atomic mass is 10.5. The summed E-state index contributed by atoms with van der Waals surface area (Å²) in [6, 6.07) is 0. The third-order valence-corrected chi connectivity index (χ3v) is 1.68. The first-order valence-electron chi connectivity index (χ1n) is 5.27. The van der Waals surface area contributed by atoms with E-state index in [0.717, 1.165) is 39.3 Å². The largest absolute Gasteiger partial charge is 0.382 e. The minimum absolute atomic E-state index is 0.668. The van der Waals surface area contributed by atoms with Crippen LogP contribution in [-0.4, -0.2) is 53.2 Å². The normalized spacial score (nSPS) is 10.7. The summed E-state index contributed by atoms with van der Waals surface area (Å²) in [5.41, 5.74) is 0. The van der Waals surface area contributed by atoms with Crippen LogP contribution in [-0.2, 0) is 14.2 Å². The van der Waals surface area contributed by atoms with Crippen LogP contribution in [0.1, 0.15) is 13.3 Å². The van der Waals surface area contributed by atoms with Crippen molar-refractivity contribution < 1.29 is 14.2 Å². The quantitative estimate of drug-likeness (QED) is 0.503. The van der Waals surface area contributed by atoms with Gasteiger partial charge in [-0.05, 0) is 13.0 Å². The average Bonchev–Trinajstić information content (AvgIpc) is 2.21. The van der Waals surface area contributed by atoms with Crippen molar-refractivity contribution in [1.82, 2.24) is 5.32 Å². The van der Waals surface area contributed by atoms with E-state index in [4.69, 9.17) is 14.2 Å². The maximum absolute atomic E-state index is 5.37. The molecule has 0 atom stereocenters. The van der Waals surface area contributed by atoms with Gasteiger partial charge in [0.15, 0.2) is 0 Å². The lowest BCUT2D eigenvalue weighted by Gasteiger charge is -2.05. The highest BCUT2D eigenvalue weighted by atomic mass is 16.5. The number of hydrogen-bond donors (Lipinski definition) is 1. The van der Waals surface area contributed by atoms with Crippen molar-refractivity contribution in [3.05, 3.63) is 0 Å². The smallest absolute Gasteiger partial charge is 0.0700 e. The Morgan fingerprint density at radius 2 is 1.64 bits per heavy atom. The van der Waals surface area contributed by atoms with Crippen LogP contribution in [0.3, 0.4) is 0 Å². The summed E-state index contributed by atoms with van der Waals surface area (Å²) in [4.78, 5) is 0. The molecule has 0 aromatic carbocycles. The van der Waals surface area contributed by atoms with Crippen LogP contribution in [0.4, 0.5) is 0 Å². The number of rotatable bonds is 11.